The number of fused-ring (bicyclic) bond motifs is 1. The summed E-state index contributed by atoms with van der Waals surface area (Å²) in [6.07, 6.45) is 2.31. The van der Waals surface area contributed by atoms with Gasteiger partial charge in [0.15, 0.2) is 0 Å². The third-order valence-corrected chi connectivity index (χ3v) is 4.39. The molecular formula is C19H29NO2. The summed E-state index contributed by atoms with van der Waals surface area (Å²) in [4.78, 5) is 12.2. The second-order valence-corrected chi connectivity index (χ2v) is 7.85. The van der Waals surface area contributed by atoms with Crippen LogP contribution in [-0.2, 0) is 4.79 Å². The molecule has 3 atom stereocenters. The van der Waals surface area contributed by atoms with Gasteiger partial charge in [-0.05, 0) is 41.7 Å². The van der Waals surface area contributed by atoms with Crippen molar-refractivity contribution in [2.75, 3.05) is 0 Å². The van der Waals surface area contributed by atoms with Crippen LogP contribution in [0.25, 0.3) is 0 Å². The lowest BCUT2D eigenvalue weighted by Crippen LogP contribution is -2.34. The summed E-state index contributed by atoms with van der Waals surface area (Å²) in [6.45, 7) is 8.47. The Kier molecular flexibility index (Phi) is 5.28. The molecule has 0 saturated heterocycles. The molecule has 0 bridgehead atoms. The van der Waals surface area contributed by atoms with Gasteiger partial charge < -0.3 is 10.4 Å². The molecule has 1 aromatic rings. The van der Waals surface area contributed by atoms with Crippen molar-refractivity contribution in [1.29, 1.82) is 0 Å². The predicted molar refractivity (Wildman–Crippen MR) is 89.7 cm³/mol. The van der Waals surface area contributed by atoms with E-state index < -0.39 is 6.10 Å². The molecule has 1 aliphatic carbocycles. The molecule has 3 heteroatoms. The minimum Gasteiger partial charge on any atom is -0.393 e. The number of aliphatic hydroxyl groups is 1. The predicted octanol–water partition coefficient (Wildman–Crippen LogP) is 3.93. The number of carbonyl (C=O) groups is 1. The van der Waals surface area contributed by atoms with Crippen molar-refractivity contribution in [1.82, 2.24) is 5.32 Å². The lowest BCUT2D eigenvalue weighted by molar-refractivity contribution is -0.124. The number of rotatable bonds is 4. The summed E-state index contributed by atoms with van der Waals surface area (Å²) in [5, 5.41) is 13.2. The molecule has 22 heavy (non-hydrogen) atoms. The Hall–Kier alpha value is -1.35. The lowest BCUT2D eigenvalue weighted by Gasteiger charge is -2.30. The molecule has 0 aliphatic heterocycles. The van der Waals surface area contributed by atoms with E-state index in [2.05, 4.69) is 51.2 Å². The molecule has 0 heterocycles. The minimum atomic E-state index is -0.572. The fraction of sp³-hybridized carbons (Fsp3) is 0.632. The van der Waals surface area contributed by atoms with Crippen molar-refractivity contribution in [3.8, 4) is 0 Å². The molecule has 1 aromatic carbocycles. The molecule has 0 saturated carbocycles. The Morgan fingerprint density at radius 3 is 2.55 bits per heavy atom. The highest BCUT2D eigenvalue weighted by Crippen LogP contribution is 2.37. The molecule has 0 fully saturated rings. The molecule has 0 aromatic heterocycles. The van der Waals surface area contributed by atoms with Crippen molar-refractivity contribution in [3.05, 3.63) is 35.4 Å². The molecular weight excluding hydrogens is 274 g/mol. The van der Waals surface area contributed by atoms with Gasteiger partial charge in [0.2, 0.25) is 5.91 Å². The number of amides is 1. The molecule has 2 rings (SSSR count). The number of aliphatic hydroxyl groups excluding tert-OH is 1. The second kappa shape index (κ2) is 6.82. The number of benzene rings is 1. The molecule has 0 spiro atoms. The zero-order valence-electron chi connectivity index (χ0n) is 14.2. The van der Waals surface area contributed by atoms with Crippen molar-refractivity contribution in [2.45, 2.75) is 71.4 Å². The molecule has 0 radical (unpaired) electrons. The number of hydrogen-bond donors (Lipinski definition) is 2. The van der Waals surface area contributed by atoms with Crippen molar-refractivity contribution < 1.29 is 9.90 Å². The molecule has 2 N–H and O–H groups in total. The van der Waals surface area contributed by atoms with Gasteiger partial charge in [-0.2, -0.15) is 0 Å². The van der Waals surface area contributed by atoms with Crippen LogP contribution in [0.2, 0.25) is 0 Å². The van der Waals surface area contributed by atoms with Gasteiger partial charge in [-0.1, -0.05) is 52.0 Å². The van der Waals surface area contributed by atoms with Crippen molar-refractivity contribution >= 4 is 5.91 Å². The first kappa shape index (κ1) is 17.0. The van der Waals surface area contributed by atoms with E-state index in [1.807, 2.05) is 6.07 Å². The minimum absolute atomic E-state index is 0.0343. The monoisotopic (exact) mass is 303 g/mol. The van der Waals surface area contributed by atoms with Gasteiger partial charge in [0.25, 0.3) is 0 Å². The molecule has 1 aliphatic rings. The normalized spacial score (nSPS) is 22.8. The van der Waals surface area contributed by atoms with Gasteiger partial charge in [0.05, 0.1) is 18.6 Å². The number of carbonyl (C=O) groups excluding carboxylic acids is 1. The van der Waals surface area contributed by atoms with E-state index in [1.54, 1.807) is 0 Å². The first-order chi connectivity index (χ1) is 10.3. The standard InChI is InChI=1S/C19H29NO2/c1-13-9-10-17(16-8-6-5-7-15(13)16)20-18(22)11-14(21)12-19(2,3)4/h5-8,13-14,17,21H,9-12H2,1-4H3,(H,20,22)/t13-,14-,17-/m1/s1. The summed E-state index contributed by atoms with van der Waals surface area (Å²) < 4.78 is 0. The van der Waals surface area contributed by atoms with Crippen molar-refractivity contribution in [2.24, 2.45) is 5.41 Å². The van der Waals surface area contributed by atoms with Crippen LogP contribution >= 0.6 is 0 Å². The van der Waals surface area contributed by atoms with E-state index in [0.29, 0.717) is 12.3 Å². The van der Waals surface area contributed by atoms with E-state index in [0.717, 1.165) is 12.8 Å². The molecule has 0 unspecified atom stereocenters. The van der Waals surface area contributed by atoms with Crippen molar-refractivity contribution in [3.63, 3.8) is 0 Å². The zero-order valence-corrected chi connectivity index (χ0v) is 14.2. The van der Waals surface area contributed by atoms with E-state index in [4.69, 9.17) is 0 Å². The van der Waals surface area contributed by atoms with Gasteiger partial charge in [-0.25, -0.2) is 0 Å². The second-order valence-electron chi connectivity index (χ2n) is 7.85. The van der Waals surface area contributed by atoms with Gasteiger partial charge in [0, 0.05) is 0 Å². The fourth-order valence-electron chi connectivity index (χ4n) is 3.40. The number of hydrogen-bond acceptors (Lipinski definition) is 2. The SMILES string of the molecule is C[C@@H]1CC[C@@H](NC(=O)C[C@@H](O)CC(C)(C)C)c2ccccc21. The Labute approximate surface area is 134 Å². The van der Waals surface area contributed by atoms with E-state index in [-0.39, 0.29) is 23.8 Å². The number of nitrogens with one attached hydrogen (secondary N) is 1. The highest BCUT2D eigenvalue weighted by molar-refractivity contribution is 5.77. The van der Waals surface area contributed by atoms with Gasteiger partial charge >= 0.3 is 0 Å². The summed E-state index contributed by atoms with van der Waals surface area (Å²) in [7, 11) is 0. The average molecular weight is 303 g/mol. The summed E-state index contributed by atoms with van der Waals surface area (Å²) >= 11 is 0. The molecule has 1 amide bonds. The highest BCUT2D eigenvalue weighted by Gasteiger charge is 2.26. The summed E-state index contributed by atoms with van der Waals surface area (Å²) in [5.41, 5.74) is 2.61. The Bertz CT molecular complexity index is 518. The molecule has 122 valence electrons. The van der Waals surface area contributed by atoms with Gasteiger partial charge in [-0.15, -0.1) is 0 Å². The van der Waals surface area contributed by atoms with Gasteiger partial charge in [-0.3, -0.25) is 4.79 Å². The largest absolute Gasteiger partial charge is 0.393 e. The molecule has 3 nitrogen and oxygen atoms in total. The van der Waals surface area contributed by atoms with E-state index in [9.17, 15) is 9.90 Å². The Morgan fingerprint density at radius 1 is 1.27 bits per heavy atom. The van der Waals surface area contributed by atoms with Crippen LogP contribution in [-0.4, -0.2) is 17.1 Å². The van der Waals surface area contributed by atoms with Crippen LogP contribution in [0, 0.1) is 5.41 Å². The first-order valence-corrected chi connectivity index (χ1v) is 8.32. The van der Waals surface area contributed by atoms with Gasteiger partial charge in [0.1, 0.15) is 0 Å². The third-order valence-electron chi connectivity index (χ3n) is 4.39. The maximum absolute atomic E-state index is 12.2. The van der Waals surface area contributed by atoms with Crippen LogP contribution < -0.4 is 5.32 Å². The maximum atomic E-state index is 12.2. The van der Waals surface area contributed by atoms with Crippen LogP contribution in [0.5, 0.6) is 0 Å². The van der Waals surface area contributed by atoms with Crippen LogP contribution in [0.3, 0.4) is 0 Å². The zero-order chi connectivity index (χ0) is 16.3. The summed E-state index contributed by atoms with van der Waals surface area (Å²) in [5.74, 6) is 0.502. The summed E-state index contributed by atoms with van der Waals surface area (Å²) in [6, 6.07) is 8.45. The van der Waals surface area contributed by atoms with Crippen LogP contribution in [0.1, 0.15) is 76.5 Å². The third kappa shape index (κ3) is 4.57. The van der Waals surface area contributed by atoms with Crippen LogP contribution in [0.15, 0.2) is 24.3 Å². The average Bonchev–Trinajstić information content (AvgIpc) is 2.40. The Balaban J connectivity index is 1.97. The quantitative estimate of drug-likeness (QED) is 0.885. The smallest absolute Gasteiger partial charge is 0.223 e. The fourth-order valence-corrected chi connectivity index (χ4v) is 3.40. The first-order valence-electron chi connectivity index (χ1n) is 8.32. The lowest BCUT2D eigenvalue weighted by atomic mass is 9.81. The van der Waals surface area contributed by atoms with E-state index in [1.165, 1.54) is 11.1 Å². The maximum Gasteiger partial charge on any atom is 0.223 e. The topological polar surface area (TPSA) is 49.3 Å². The Morgan fingerprint density at radius 2 is 1.91 bits per heavy atom. The highest BCUT2D eigenvalue weighted by atomic mass is 16.3. The van der Waals surface area contributed by atoms with Crippen LogP contribution in [0.4, 0.5) is 0 Å². The van der Waals surface area contributed by atoms with E-state index >= 15 is 0 Å².